The predicted molar refractivity (Wildman–Crippen MR) is 135 cm³/mol. The van der Waals surface area contributed by atoms with Crippen LogP contribution in [-0.2, 0) is 20.7 Å². The third kappa shape index (κ3) is 6.03. The standard InChI is InChI=1S/C27H30ClN3O4/c1-27(2,3)35-26(34)23-10-7-13-31(23)25(33)22(14-17-8-5-4-6-9-17)30-24(32)21-16-18-15-19(28)11-12-20(18)29-21/h4-6,8-9,11-12,15-16,22-23,29H,7,10,13-14H2,1-3H3,(H,30,32)/t22-,23+/m1/s1. The molecule has 35 heavy (non-hydrogen) atoms. The minimum absolute atomic E-state index is 0.297. The number of aromatic amines is 1. The number of fused-ring (bicyclic) bond motifs is 1. The maximum atomic E-state index is 13.7. The lowest BCUT2D eigenvalue weighted by atomic mass is 10.0. The summed E-state index contributed by atoms with van der Waals surface area (Å²) in [6.45, 7) is 5.85. The zero-order chi connectivity index (χ0) is 25.2. The Morgan fingerprint density at radius 3 is 2.60 bits per heavy atom. The van der Waals surface area contributed by atoms with E-state index in [2.05, 4.69) is 10.3 Å². The van der Waals surface area contributed by atoms with Gasteiger partial charge in [0.2, 0.25) is 5.91 Å². The average Bonchev–Trinajstić information content (AvgIpc) is 3.45. The Morgan fingerprint density at radius 2 is 1.89 bits per heavy atom. The molecule has 1 aliphatic rings. The number of ether oxygens (including phenoxy) is 1. The maximum Gasteiger partial charge on any atom is 0.329 e. The molecule has 2 amide bonds. The van der Waals surface area contributed by atoms with E-state index in [9.17, 15) is 14.4 Å². The zero-order valence-electron chi connectivity index (χ0n) is 20.1. The van der Waals surface area contributed by atoms with Gasteiger partial charge in [-0.05, 0) is 63.4 Å². The lowest BCUT2D eigenvalue weighted by Crippen LogP contribution is -2.53. The van der Waals surface area contributed by atoms with Crippen LogP contribution in [0.4, 0.5) is 0 Å². The van der Waals surface area contributed by atoms with Gasteiger partial charge in [0.1, 0.15) is 23.4 Å². The van der Waals surface area contributed by atoms with E-state index in [1.807, 2.05) is 30.3 Å². The first-order valence-electron chi connectivity index (χ1n) is 11.8. The summed E-state index contributed by atoms with van der Waals surface area (Å²) in [5.41, 5.74) is 1.36. The summed E-state index contributed by atoms with van der Waals surface area (Å²) in [5.74, 6) is -1.12. The molecule has 2 heterocycles. The van der Waals surface area contributed by atoms with E-state index >= 15 is 0 Å². The number of carbonyl (C=O) groups excluding carboxylic acids is 3. The van der Waals surface area contributed by atoms with Crippen molar-refractivity contribution in [2.75, 3.05) is 6.54 Å². The highest BCUT2D eigenvalue weighted by atomic mass is 35.5. The summed E-state index contributed by atoms with van der Waals surface area (Å²) in [5, 5.41) is 4.27. The van der Waals surface area contributed by atoms with Gasteiger partial charge in [0.05, 0.1) is 0 Å². The van der Waals surface area contributed by atoms with Gasteiger partial charge in [-0.3, -0.25) is 9.59 Å². The van der Waals surface area contributed by atoms with Crippen LogP contribution in [0.5, 0.6) is 0 Å². The van der Waals surface area contributed by atoms with E-state index < -0.39 is 29.6 Å². The molecule has 0 aliphatic carbocycles. The number of nitrogens with one attached hydrogen (secondary N) is 2. The highest BCUT2D eigenvalue weighted by Crippen LogP contribution is 2.24. The van der Waals surface area contributed by atoms with Crippen LogP contribution in [0.1, 0.15) is 49.7 Å². The molecular formula is C27H30ClN3O4. The number of rotatable bonds is 6. The molecule has 1 fully saturated rings. The first-order chi connectivity index (χ1) is 16.6. The molecule has 1 aliphatic heterocycles. The van der Waals surface area contributed by atoms with Gasteiger partial charge in [-0.1, -0.05) is 41.9 Å². The first kappa shape index (κ1) is 24.8. The Labute approximate surface area is 209 Å². The monoisotopic (exact) mass is 495 g/mol. The molecule has 3 aromatic rings. The van der Waals surface area contributed by atoms with Crippen molar-refractivity contribution in [3.8, 4) is 0 Å². The quantitative estimate of drug-likeness (QED) is 0.493. The van der Waals surface area contributed by atoms with E-state index in [1.54, 1.807) is 49.9 Å². The first-order valence-corrected chi connectivity index (χ1v) is 12.1. The predicted octanol–water partition coefficient (Wildman–Crippen LogP) is 4.50. The molecule has 0 saturated carbocycles. The average molecular weight is 496 g/mol. The van der Waals surface area contributed by atoms with Gasteiger partial charge in [-0.15, -0.1) is 0 Å². The fourth-order valence-corrected chi connectivity index (χ4v) is 4.54. The lowest BCUT2D eigenvalue weighted by Gasteiger charge is -2.30. The zero-order valence-corrected chi connectivity index (χ0v) is 20.9. The second-order valence-corrected chi connectivity index (χ2v) is 10.3. The van der Waals surface area contributed by atoms with Crippen LogP contribution in [0.15, 0.2) is 54.6 Å². The molecular weight excluding hydrogens is 466 g/mol. The Hall–Kier alpha value is -3.32. The molecule has 2 aromatic carbocycles. The molecule has 0 bridgehead atoms. The molecule has 0 spiro atoms. The summed E-state index contributed by atoms with van der Waals surface area (Å²) in [7, 11) is 0. The van der Waals surface area contributed by atoms with Crippen molar-refractivity contribution in [3.05, 3.63) is 70.9 Å². The summed E-state index contributed by atoms with van der Waals surface area (Å²) < 4.78 is 5.56. The number of nitrogens with zero attached hydrogens (tertiary/aromatic N) is 1. The van der Waals surface area contributed by atoms with Crippen LogP contribution >= 0.6 is 11.6 Å². The van der Waals surface area contributed by atoms with Crippen molar-refractivity contribution >= 4 is 40.3 Å². The number of likely N-dealkylation sites (tertiary alicyclic amines) is 1. The number of aromatic nitrogens is 1. The summed E-state index contributed by atoms with van der Waals surface area (Å²) >= 11 is 6.07. The van der Waals surface area contributed by atoms with Crippen LogP contribution in [0.2, 0.25) is 5.02 Å². The molecule has 2 N–H and O–H groups in total. The van der Waals surface area contributed by atoms with Crippen LogP contribution < -0.4 is 5.32 Å². The van der Waals surface area contributed by atoms with E-state index in [1.165, 1.54) is 0 Å². The Kier molecular flexibility index (Phi) is 7.17. The third-order valence-electron chi connectivity index (χ3n) is 5.93. The van der Waals surface area contributed by atoms with Gasteiger partial charge in [0.15, 0.2) is 0 Å². The lowest BCUT2D eigenvalue weighted by molar-refractivity contribution is -0.163. The minimum Gasteiger partial charge on any atom is -0.458 e. The van der Waals surface area contributed by atoms with Crippen molar-refractivity contribution in [1.29, 1.82) is 0 Å². The smallest absolute Gasteiger partial charge is 0.329 e. The SMILES string of the molecule is CC(C)(C)OC(=O)[C@@H]1CCCN1C(=O)[C@@H](Cc1ccccc1)NC(=O)c1cc2cc(Cl)ccc2[nH]1. The highest BCUT2D eigenvalue weighted by molar-refractivity contribution is 6.31. The largest absolute Gasteiger partial charge is 0.458 e. The van der Waals surface area contributed by atoms with Gasteiger partial charge in [0, 0.05) is 28.9 Å². The number of amides is 2. The van der Waals surface area contributed by atoms with Crippen LogP contribution in [-0.4, -0.2) is 51.9 Å². The van der Waals surface area contributed by atoms with Gasteiger partial charge in [0.25, 0.3) is 5.91 Å². The number of benzene rings is 2. The second-order valence-electron chi connectivity index (χ2n) is 9.85. The normalized spacial score (nSPS) is 16.8. The molecule has 1 saturated heterocycles. The highest BCUT2D eigenvalue weighted by Gasteiger charge is 2.39. The summed E-state index contributed by atoms with van der Waals surface area (Å²) in [6, 6.07) is 15.0. The van der Waals surface area contributed by atoms with Gasteiger partial charge >= 0.3 is 5.97 Å². The van der Waals surface area contributed by atoms with Crippen molar-refractivity contribution in [2.24, 2.45) is 0 Å². The molecule has 1 aromatic heterocycles. The summed E-state index contributed by atoms with van der Waals surface area (Å²) in [6.07, 6.45) is 1.54. The van der Waals surface area contributed by atoms with Crippen molar-refractivity contribution in [3.63, 3.8) is 0 Å². The molecule has 7 nitrogen and oxygen atoms in total. The van der Waals surface area contributed by atoms with E-state index in [-0.39, 0.29) is 5.91 Å². The molecule has 0 unspecified atom stereocenters. The molecule has 8 heteroatoms. The van der Waals surface area contributed by atoms with E-state index in [4.69, 9.17) is 16.3 Å². The molecule has 2 atom stereocenters. The third-order valence-corrected chi connectivity index (χ3v) is 6.16. The number of hydrogen-bond acceptors (Lipinski definition) is 4. The molecule has 0 radical (unpaired) electrons. The van der Waals surface area contributed by atoms with E-state index in [0.29, 0.717) is 36.5 Å². The van der Waals surface area contributed by atoms with Crippen molar-refractivity contribution in [1.82, 2.24) is 15.2 Å². The Morgan fingerprint density at radius 1 is 1.14 bits per heavy atom. The number of esters is 1. The molecule has 184 valence electrons. The van der Waals surface area contributed by atoms with Crippen LogP contribution in [0.3, 0.4) is 0 Å². The van der Waals surface area contributed by atoms with Crippen LogP contribution in [0.25, 0.3) is 10.9 Å². The summed E-state index contributed by atoms with van der Waals surface area (Å²) in [4.78, 5) is 44.3. The minimum atomic E-state index is -0.845. The number of H-pyrrole nitrogens is 1. The maximum absolute atomic E-state index is 13.7. The second kappa shape index (κ2) is 10.1. The van der Waals surface area contributed by atoms with Gasteiger partial charge < -0.3 is 19.9 Å². The number of hydrogen-bond donors (Lipinski definition) is 2. The number of halogens is 1. The topological polar surface area (TPSA) is 91.5 Å². The fourth-order valence-electron chi connectivity index (χ4n) is 4.36. The molecule has 4 rings (SSSR count). The van der Waals surface area contributed by atoms with Crippen molar-refractivity contribution < 1.29 is 19.1 Å². The van der Waals surface area contributed by atoms with E-state index in [0.717, 1.165) is 16.5 Å². The van der Waals surface area contributed by atoms with Gasteiger partial charge in [-0.25, -0.2) is 4.79 Å². The van der Waals surface area contributed by atoms with Crippen LogP contribution in [0, 0.1) is 0 Å². The Balaban J connectivity index is 1.57. The van der Waals surface area contributed by atoms with Gasteiger partial charge in [-0.2, -0.15) is 0 Å². The fraction of sp³-hybridized carbons (Fsp3) is 0.370. The number of carbonyl (C=O) groups is 3. The Bertz CT molecular complexity index is 1230. The van der Waals surface area contributed by atoms with Crippen molar-refractivity contribution in [2.45, 2.75) is 57.7 Å².